The minimum absolute atomic E-state index is 0.0500. The molecule has 2 aromatic carbocycles. The first-order chi connectivity index (χ1) is 18.2. The number of carbonyl (C=O) groups is 1. The molecule has 0 radical (unpaired) electrons. The number of benzene rings is 2. The Morgan fingerprint density at radius 2 is 1.89 bits per heavy atom. The Morgan fingerprint density at radius 1 is 1.13 bits per heavy atom. The Balaban J connectivity index is 1.37. The summed E-state index contributed by atoms with van der Waals surface area (Å²) in [6.07, 6.45) is 1.42. The number of Topliss-reactive ketones (excluding diaryl/α,β-unsaturated/α-hetero) is 1. The number of pyridine rings is 1. The molecule has 0 aliphatic carbocycles. The van der Waals surface area contributed by atoms with Crippen molar-refractivity contribution in [3.8, 4) is 5.75 Å². The van der Waals surface area contributed by atoms with Gasteiger partial charge in [0.1, 0.15) is 5.75 Å². The number of hydrogen-bond donors (Lipinski definition) is 1. The molecule has 5 rings (SSSR count). The molecule has 2 aliphatic rings. The van der Waals surface area contributed by atoms with Gasteiger partial charge in [-0.05, 0) is 41.7 Å². The molecule has 1 N–H and O–H groups in total. The quantitative estimate of drug-likeness (QED) is 0.457. The maximum absolute atomic E-state index is 14.1. The first kappa shape index (κ1) is 26.5. The number of nitrogens with one attached hydrogen (secondary N) is 1. The minimum atomic E-state index is -3.27. The summed E-state index contributed by atoms with van der Waals surface area (Å²) >= 11 is 0. The van der Waals surface area contributed by atoms with E-state index in [-0.39, 0.29) is 28.3 Å². The Hall–Kier alpha value is -3.07. The third-order valence-corrected chi connectivity index (χ3v) is 9.48. The highest BCUT2D eigenvalue weighted by Gasteiger charge is 2.59. The summed E-state index contributed by atoms with van der Waals surface area (Å²) in [6, 6.07) is 17.6. The number of ether oxygens (including phenoxy) is 1. The lowest BCUT2D eigenvalue weighted by Crippen LogP contribution is -2.47. The van der Waals surface area contributed by atoms with Gasteiger partial charge >= 0.3 is 0 Å². The summed E-state index contributed by atoms with van der Waals surface area (Å²) < 4.78 is 30.9. The molecule has 2 unspecified atom stereocenters. The Bertz CT molecular complexity index is 1440. The van der Waals surface area contributed by atoms with Gasteiger partial charge < -0.3 is 4.74 Å². The number of ketones is 1. The van der Waals surface area contributed by atoms with Crippen LogP contribution in [0.4, 0.5) is 0 Å². The smallest absolute Gasteiger partial charge is 0.212 e. The van der Waals surface area contributed by atoms with Crippen LogP contribution in [0.25, 0.3) is 0 Å². The van der Waals surface area contributed by atoms with Crippen LogP contribution in [0.5, 0.6) is 5.75 Å². The standard InChI is InChI=1S/C30H35N3O4S/c1-5-38(35,36)24-13-12-23(32-16-24)15-31-19-33-17-26(22-9-7-6-8-10-22)30(18-33)29(34)27-21(4)11-14-25(20(2)3)28(27)37-30/h6-14,16,20,26,31H,5,15,17-19H2,1-4H3. The SMILES string of the molecule is CCS(=O)(=O)c1ccc(CNCN2CC(c3ccccc3)C3(C2)Oc2c(C(C)C)ccc(C)c2C3=O)nc1. The number of carbonyl (C=O) groups excluding carboxylic acids is 1. The van der Waals surface area contributed by atoms with Crippen molar-refractivity contribution < 1.29 is 17.9 Å². The van der Waals surface area contributed by atoms with Crippen molar-refractivity contribution in [3.05, 3.63) is 88.7 Å². The number of likely N-dealkylation sites (tertiary alicyclic amines) is 1. The predicted molar refractivity (Wildman–Crippen MR) is 147 cm³/mol. The van der Waals surface area contributed by atoms with Gasteiger partial charge in [-0.25, -0.2) is 8.42 Å². The Morgan fingerprint density at radius 3 is 2.55 bits per heavy atom. The van der Waals surface area contributed by atoms with Gasteiger partial charge in [0.05, 0.1) is 21.9 Å². The lowest BCUT2D eigenvalue weighted by Gasteiger charge is -2.29. The van der Waals surface area contributed by atoms with Crippen molar-refractivity contribution in [2.24, 2.45) is 0 Å². The summed E-state index contributed by atoms with van der Waals surface area (Å²) in [7, 11) is -3.27. The van der Waals surface area contributed by atoms with Gasteiger partial charge in [-0.15, -0.1) is 0 Å². The lowest BCUT2D eigenvalue weighted by molar-refractivity contribution is 0.0531. The van der Waals surface area contributed by atoms with Crippen LogP contribution < -0.4 is 10.1 Å². The zero-order valence-corrected chi connectivity index (χ0v) is 23.2. The van der Waals surface area contributed by atoms with Gasteiger partial charge in [-0.2, -0.15) is 0 Å². The second kappa shape index (κ2) is 10.2. The van der Waals surface area contributed by atoms with E-state index in [2.05, 4.69) is 47.2 Å². The average Bonchev–Trinajstić information content (AvgIpc) is 3.42. The molecular weight excluding hydrogens is 498 g/mol. The summed E-state index contributed by atoms with van der Waals surface area (Å²) in [5, 5.41) is 3.42. The maximum atomic E-state index is 14.1. The van der Waals surface area contributed by atoms with E-state index in [0.717, 1.165) is 33.7 Å². The van der Waals surface area contributed by atoms with E-state index in [9.17, 15) is 13.2 Å². The van der Waals surface area contributed by atoms with Crippen LogP contribution in [0.2, 0.25) is 0 Å². The van der Waals surface area contributed by atoms with Crippen LogP contribution >= 0.6 is 0 Å². The van der Waals surface area contributed by atoms with Crippen LogP contribution in [0.3, 0.4) is 0 Å². The third-order valence-electron chi connectivity index (χ3n) is 7.76. The van der Waals surface area contributed by atoms with Crippen LogP contribution in [0.1, 0.15) is 65.3 Å². The van der Waals surface area contributed by atoms with E-state index in [4.69, 9.17) is 4.74 Å². The van der Waals surface area contributed by atoms with Crippen molar-refractivity contribution in [1.82, 2.24) is 15.2 Å². The minimum Gasteiger partial charge on any atom is -0.476 e. The molecule has 0 saturated carbocycles. The summed E-state index contributed by atoms with van der Waals surface area (Å²) in [6.45, 7) is 10.0. The molecule has 1 aromatic heterocycles. The van der Waals surface area contributed by atoms with Crippen molar-refractivity contribution in [1.29, 1.82) is 0 Å². The van der Waals surface area contributed by atoms with Crippen LogP contribution in [-0.2, 0) is 16.4 Å². The second-order valence-electron chi connectivity index (χ2n) is 10.6. The van der Waals surface area contributed by atoms with Crippen molar-refractivity contribution in [3.63, 3.8) is 0 Å². The van der Waals surface area contributed by atoms with Crippen LogP contribution in [0.15, 0.2) is 65.7 Å². The Kier molecular flexibility index (Phi) is 7.15. The highest BCUT2D eigenvalue weighted by molar-refractivity contribution is 7.91. The second-order valence-corrected chi connectivity index (χ2v) is 12.9. The molecule has 1 saturated heterocycles. The van der Waals surface area contributed by atoms with Gasteiger partial charge in [0.25, 0.3) is 0 Å². The number of aromatic nitrogens is 1. The molecule has 2 aliphatic heterocycles. The van der Waals surface area contributed by atoms with E-state index in [1.807, 2.05) is 31.2 Å². The summed E-state index contributed by atoms with van der Waals surface area (Å²) in [5.74, 6) is 0.994. The fourth-order valence-corrected chi connectivity index (χ4v) is 6.44. The van der Waals surface area contributed by atoms with Crippen LogP contribution in [-0.4, -0.2) is 55.2 Å². The number of rotatable bonds is 8. The first-order valence-electron chi connectivity index (χ1n) is 13.2. The van der Waals surface area contributed by atoms with Crippen molar-refractivity contribution >= 4 is 15.6 Å². The van der Waals surface area contributed by atoms with Gasteiger partial charge in [-0.3, -0.25) is 20.0 Å². The average molecular weight is 534 g/mol. The van der Waals surface area contributed by atoms with Crippen molar-refractivity contribution in [2.45, 2.75) is 56.6 Å². The molecule has 8 heteroatoms. The third kappa shape index (κ3) is 4.65. The molecule has 1 spiro atoms. The van der Waals surface area contributed by atoms with Gasteiger partial charge in [-0.1, -0.05) is 63.2 Å². The molecule has 7 nitrogen and oxygen atoms in total. The maximum Gasteiger partial charge on any atom is 0.212 e. The topological polar surface area (TPSA) is 88.6 Å². The molecular formula is C30H35N3O4S. The van der Waals surface area contributed by atoms with E-state index in [1.165, 1.54) is 6.20 Å². The number of hydrogen-bond acceptors (Lipinski definition) is 7. The normalized spacial score (nSPS) is 21.3. The number of nitrogens with zero attached hydrogens (tertiary/aromatic N) is 2. The van der Waals surface area contributed by atoms with Crippen molar-refractivity contribution in [2.75, 3.05) is 25.5 Å². The molecule has 0 bridgehead atoms. The number of sulfone groups is 1. The van der Waals surface area contributed by atoms with E-state index in [0.29, 0.717) is 26.3 Å². The largest absolute Gasteiger partial charge is 0.476 e. The highest BCUT2D eigenvalue weighted by atomic mass is 32.2. The number of aryl methyl sites for hydroxylation is 1. The number of fused-ring (bicyclic) bond motifs is 1. The van der Waals surface area contributed by atoms with Gasteiger partial charge in [0.2, 0.25) is 5.78 Å². The highest BCUT2D eigenvalue weighted by Crippen LogP contribution is 2.50. The van der Waals surface area contributed by atoms with E-state index in [1.54, 1.807) is 19.1 Å². The first-order valence-corrected chi connectivity index (χ1v) is 14.8. The molecule has 0 amide bonds. The Labute approximate surface area is 225 Å². The zero-order valence-electron chi connectivity index (χ0n) is 22.4. The predicted octanol–water partition coefficient (Wildman–Crippen LogP) is 4.47. The molecule has 3 heterocycles. The van der Waals surface area contributed by atoms with Gasteiger partial charge in [0, 0.05) is 38.4 Å². The summed E-state index contributed by atoms with van der Waals surface area (Å²) in [4.78, 5) is 20.9. The van der Waals surface area contributed by atoms with Gasteiger partial charge in [0.15, 0.2) is 15.4 Å². The molecule has 3 aromatic rings. The van der Waals surface area contributed by atoms with E-state index < -0.39 is 15.4 Å². The molecule has 200 valence electrons. The zero-order chi connectivity index (χ0) is 27.1. The summed E-state index contributed by atoms with van der Waals surface area (Å²) in [5.41, 5.74) is 3.61. The van der Waals surface area contributed by atoms with Crippen LogP contribution in [0, 0.1) is 6.92 Å². The fraction of sp³-hybridized carbons (Fsp3) is 0.400. The fourth-order valence-electron chi connectivity index (χ4n) is 5.62. The monoisotopic (exact) mass is 533 g/mol. The van der Waals surface area contributed by atoms with E-state index >= 15 is 0 Å². The molecule has 2 atom stereocenters. The molecule has 38 heavy (non-hydrogen) atoms. The molecule has 1 fully saturated rings. The lowest BCUT2D eigenvalue weighted by atomic mass is 9.80.